The number of nitrogens with one attached hydrogen (secondary N) is 2. The molecule has 0 aromatic heterocycles. The quantitative estimate of drug-likeness (QED) is 0.812. The molecule has 2 aromatic rings. The van der Waals surface area contributed by atoms with Crippen LogP contribution in [0.1, 0.15) is 40.1 Å². The highest BCUT2D eigenvalue weighted by Crippen LogP contribution is 2.30. The molecule has 3 rings (SSSR count). The topological polar surface area (TPSA) is 78.5 Å². The summed E-state index contributed by atoms with van der Waals surface area (Å²) in [6.45, 7) is 8.46. The highest BCUT2D eigenvalue weighted by Gasteiger charge is 2.31. The van der Waals surface area contributed by atoms with Crippen molar-refractivity contribution in [3.8, 4) is 0 Å². The van der Waals surface area contributed by atoms with E-state index in [2.05, 4.69) is 17.2 Å². The van der Waals surface area contributed by atoms with Crippen molar-refractivity contribution in [1.82, 2.24) is 10.2 Å². The van der Waals surface area contributed by atoms with Crippen LogP contribution in [0.2, 0.25) is 0 Å². The standard InChI is InChI=1S/C22H23N3O3/c1-14(2)12-23-21(27)16-8-10-17(11-9-16)24-20(26)13-25-15(3)18-6-4-5-7-19(18)22(25)28/h4-11,14H,3,12-13H2,1-2H3,(H,23,27)(H,24,26). The fourth-order valence-corrected chi connectivity index (χ4v) is 2.95. The second-order valence-electron chi connectivity index (χ2n) is 7.11. The summed E-state index contributed by atoms with van der Waals surface area (Å²) in [4.78, 5) is 38.3. The molecule has 6 heteroatoms. The van der Waals surface area contributed by atoms with E-state index in [-0.39, 0.29) is 24.3 Å². The zero-order chi connectivity index (χ0) is 20.3. The summed E-state index contributed by atoms with van der Waals surface area (Å²) in [5.74, 6) is -0.341. The molecule has 1 aliphatic heterocycles. The Morgan fingerprint density at radius 2 is 1.68 bits per heavy atom. The molecule has 2 aromatic carbocycles. The van der Waals surface area contributed by atoms with Crippen LogP contribution in [0.25, 0.3) is 5.70 Å². The first kappa shape index (κ1) is 19.4. The molecule has 0 atom stereocenters. The van der Waals surface area contributed by atoms with Crippen LogP contribution < -0.4 is 10.6 Å². The van der Waals surface area contributed by atoms with Crippen LogP contribution >= 0.6 is 0 Å². The van der Waals surface area contributed by atoms with Crippen LogP contribution in [0.5, 0.6) is 0 Å². The molecule has 28 heavy (non-hydrogen) atoms. The molecule has 3 amide bonds. The van der Waals surface area contributed by atoms with Gasteiger partial charge in [0.2, 0.25) is 5.91 Å². The number of fused-ring (bicyclic) bond motifs is 1. The summed E-state index contributed by atoms with van der Waals surface area (Å²) in [5, 5.41) is 5.59. The summed E-state index contributed by atoms with van der Waals surface area (Å²) in [5.41, 5.74) is 2.90. The van der Waals surface area contributed by atoms with Crippen LogP contribution in [-0.4, -0.2) is 35.7 Å². The minimum atomic E-state index is -0.334. The molecule has 6 nitrogen and oxygen atoms in total. The zero-order valence-electron chi connectivity index (χ0n) is 16.0. The number of anilines is 1. The van der Waals surface area contributed by atoms with Gasteiger partial charge in [-0.05, 0) is 36.2 Å². The lowest BCUT2D eigenvalue weighted by Crippen LogP contribution is -2.32. The Morgan fingerprint density at radius 1 is 1.04 bits per heavy atom. The van der Waals surface area contributed by atoms with E-state index in [1.165, 1.54) is 4.90 Å². The van der Waals surface area contributed by atoms with E-state index in [4.69, 9.17) is 0 Å². The van der Waals surface area contributed by atoms with E-state index >= 15 is 0 Å². The molecule has 144 valence electrons. The first-order chi connectivity index (χ1) is 13.4. The molecule has 0 saturated carbocycles. The third-order valence-electron chi connectivity index (χ3n) is 4.44. The summed E-state index contributed by atoms with van der Waals surface area (Å²) in [7, 11) is 0. The summed E-state index contributed by atoms with van der Waals surface area (Å²) in [6, 6.07) is 13.8. The summed E-state index contributed by atoms with van der Waals surface area (Å²) < 4.78 is 0. The predicted octanol–water partition coefficient (Wildman–Crippen LogP) is 3.14. The van der Waals surface area contributed by atoms with Crippen molar-refractivity contribution in [3.63, 3.8) is 0 Å². The minimum Gasteiger partial charge on any atom is -0.352 e. The molecule has 2 N–H and O–H groups in total. The lowest BCUT2D eigenvalue weighted by molar-refractivity contribution is -0.116. The van der Waals surface area contributed by atoms with Crippen molar-refractivity contribution in [2.24, 2.45) is 5.92 Å². The highest BCUT2D eigenvalue weighted by molar-refractivity contribution is 6.11. The third-order valence-corrected chi connectivity index (χ3v) is 4.44. The monoisotopic (exact) mass is 377 g/mol. The second-order valence-corrected chi connectivity index (χ2v) is 7.11. The van der Waals surface area contributed by atoms with Crippen molar-refractivity contribution in [2.45, 2.75) is 13.8 Å². The van der Waals surface area contributed by atoms with Crippen LogP contribution in [0.3, 0.4) is 0 Å². The van der Waals surface area contributed by atoms with Gasteiger partial charge in [0.25, 0.3) is 11.8 Å². The average molecular weight is 377 g/mol. The maximum atomic E-state index is 12.5. The summed E-state index contributed by atoms with van der Waals surface area (Å²) in [6.07, 6.45) is 0. The first-order valence-electron chi connectivity index (χ1n) is 9.15. The Balaban J connectivity index is 1.59. The van der Waals surface area contributed by atoms with Gasteiger partial charge in [0.1, 0.15) is 6.54 Å². The first-order valence-corrected chi connectivity index (χ1v) is 9.15. The van der Waals surface area contributed by atoms with Crippen LogP contribution in [0.4, 0.5) is 5.69 Å². The van der Waals surface area contributed by atoms with Gasteiger partial charge < -0.3 is 10.6 Å². The van der Waals surface area contributed by atoms with Crippen molar-refractivity contribution < 1.29 is 14.4 Å². The van der Waals surface area contributed by atoms with Crippen molar-refractivity contribution >= 4 is 29.1 Å². The summed E-state index contributed by atoms with van der Waals surface area (Å²) >= 11 is 0. The number of hydrogen-bond donors (Lipinski definition) is 2. The predicted molar refractivity (Wildman–Crippen MR) is 109 cm³/mol. The number of carbonyl (C=O) groups excluding carboxylic acids is 3. The SMILES string of the molecule is C=C1c2ccccc2C(=O)N1CC(=O)Nc1ccc(C(=O)NCC(C)C)cc1. The molecule has 0 fully saturated rings. The number of hydrogen-bond acceptors (Lipinski definition) is 3. The fraction of sp³-hybridized carbons (Fsp3) is 0.227. The Hall–Kier alpha value is -3.41. The van der Waals surface area contributed by atoms with Gasteiger partial charge in [-0.25, -0.2) is 0 Å². The van der Waals surface area contributed by atoms with Crippen molar-refractivity contribution in [2.75, 3.05) is 18.4 Å². The van der Waals surface area contributed by atoms with Crippen molar-refractivity contribution in [3.05, 3.63) is 71.8 Å². The number of amides is 3. The van der Waals surface area contributed by atoms with Gasteiger partial charge in [0, 0.05) is 34.6 Å². The molecule has 1 heterocycles. The molecule has 0 aliphatic carbocycles. The van der Waals surface area contributed by atoms with Gasteiger partial charge in [0.15, 0.2) is 0 Å². The zero-order valence-corrected chi connectivity index (χ0v) is 16.0. The van der Waals surface area contributed by atoms with Gasteiger partial charge in [-0.1, -0.05) is 38.6 Å². The van der Waals surface area contributed by atoms with Gasteiger partial charge in [-0.3, -0.25) is 19.3 Å². The highest BCUT2D eigenvalue weighted by atomic mass is 16.2. The van der Waals surface area contributed by atoms with Crippen molar-refractivity contribution in [1.29, 1.82) is 0 Å². The maximum absolute atomic E-state index is 12.5. The van der Waals surface area contributed by atoms with Gasteiger partial charge >= 0.3 is 0 Å². The van der Waals surface area contributed by atoms with E-state index in [9.17, 15) is 14.4 Å². The molecule has 0 bridgehead atoms. The normalized spacial score (nSPS) is 12.9. The van der Waals surface area contributed by atoms with E-state index in [1.54, 1.807) is 36.4 Å². The van der Waals surface area contributed by atoms with E-state index in [1.807, 2.05) is 26.0 Å². The average Bonchev–Trinajstić information content (AvgIpc) is 2.92. The van der Waals surface area contributed by atoms with Gasteiger partial charge in [-0.15, -0.1) is 0 Å². The largest absolute Gasteiger partial charge is 0.352 e. The molecule has 0 unspecified atom stereocenters. The molecule has 0 radical (unpaired) electrons. The molecular weight excluding hydrogens is 354 g/mol. The molecular formula is C22H23N3O3. The third kappa shape index (κ3) is 4.11. The Kier molecular flexibility index (Phi) is 5.59. The Bertz CT molecular complexity index is 897. The second kappa shape index (κ2) is 8.08. The van der Waals surface area contributed by atoms with E-state index in [0.717, 1.165) is 5.56 Å². The van der Waals surface area contributed by atoms with Crippen LogP contribution in [0.15, 0.2) is 55.1 Å². The molecule has 0 spiro atoms. The van der Waals surface area contributed by atoms with Crippen LogP contribution in [-0.2, 0) is 4.79 Å². The van der Waals surface area contributed by atoms with Gasteiger partial charge in [-0.2, -0.15) is 0 Å². The van der Waals surface area contributed by atoms with Crippen LogP contribution in [0, 0.1) is 5.92 Å². The van der Waals surface area contributed by atoms with E-state index in [0.29, 0.717) is 35.0 Å². The Morgan fingerprint density at radius 3 is 2.29 bits per heavy atom. The Labute approximate surface area is 164 Å². The maximum Gasteiger partial charge on any atom is 0.259 e. The lowest BCUT2D eigenvalue weighted by Gasteiger charge is -2.17. The number of rotatable bonds is 6. The number of nitrogens with zero attached hydrogens (tertiary/aromatic N) is 1. The minimum absolute atomic E-state index is 0.122. The smallest absolute Gasteiger partial charge is 0.259 e. The van der Waals surface area contributed by atoms with Gasteiger partial charge in [0.05, 0.1) is 0 Å². The lowest BCUT2D eigenvalue weighted by atomic mass is 10.1. The number of carbonyl (C=O) groups is 3. The van der Waals surface area contributed by atoms with E-state index < -0.39 is 0 Å². The fourth-order valence-electron chi connectivity index (χ4n) is 2.95. The number of benzene rings is 2. The molecule has 0 saturated heterocycles. The molecule has 1 aliphatic rings.